The summed E-state index contributed by atoms with van der Waals surface area (Å²) >= 11 is 0. The molecule has 1 aliphatic carbocycles. The summed E-state index contributed by atoms with van der Waals surface area (Å²) in [7, 11) is 3.21. The first-order chi connectivity index (χ1) is 7.19. The smallest absolute Gasteiger partial charge is 0.314 e. The molecule has 0 unspecified atom stereocenters. The van der Waals surface area contributed by atoms with Crippen LogP contribution in [0.15, 0.2) is 0 Å². The summed E-state index contributed by atoms with van der Waals surface area (Å²) in [6.07, 6.45) is 3.87. The van der Waals surface area contributed by atoms with Crippen molar-refractivity contribution in [2.45, 2.75) is 31.7 Å². The highest BCUT2D eigenvalue weighted by atomic mass is 16.2. The van der Waals surface area contributed by atoms with Crippen LogP contribution in [-0.4, -0.2) is 32.1 Å². The highest BCUT2D eigenvalue weighted by molar-refractivity contribution is 5.81. The molecule has 1 saturated carbocycles. The third-order valence-corrected chi connectivity index (χ3v) is 2.89. The molecule has 0 aromatic carbocycles. The van der Waals surface area contributed by atoms with Crippen LogP contribution in [0.1, 0.15) is 25.7 Å². The van der Waals surface area contributed by atoms with Crippen LogP contribution in [0.4, 0.5) is 4.79 Å². The number of amides is 3. The molecule has 3 N–H and O–H groups in total. The first kappa shape index (κ1) is 11.8. The minimum atomic E-state index is -0.212. The molecule has 15 heavy (non-hydrogen) atoms. The van der Waals surface area contributed by atoms with Crippen LogP contribution < -0.4 is 16.0 Å². The average Bonchev–Trinajstić information content (AvgIpc) is 2.28. The second-order valence-corrected chi connectivity index (χ2v) is 3.84. The number of hydrogen-bond acceptors (Lipinski definition) is 2. The molecule has 0 spiro atoms. The van der Waals surface area contributed by atoms with Crippen molar-refractivity contribution in [1.29, 1.82) is 0 Å². The van der Waals surface area contributed by atoms with Gasteiger partial charge in [-0.1, -0.05) is 12.8 Å². The van der Waals surface area contributed by atoms with Gasteiger partial charge in [0.15, 0.2) is 0 Å². The molecule has 3 amide bonds. The van der Waals surface area contributed by atoms with Crippen LogP contribution in [0, 0.1) is 5.92 Å². The molecule has 5 nitrogen and oxygen atoms in total. The lowest BCUT2D eigenvalue weighted by Crippen LogP contribution is -2.50. The number of carbonyl (C=O) groups is 2. The second kappa shape index (κ2) is 5.58. The highest BCUT2D eigenvalue weighted by Gasteiger charge is 2.31. The number of urea groups is 1. The Balaban J connectivity index is 2.57. The molecule has 86 valence electrons. The Bertz CT molecular complexity index is 243. The van der Waals surface area contributed by atoms with E-state index in [0.717, 1.165) is 25.7 Å². The lowest BCUT2D eigenvalue weighted by Gasteiger charge is -2.30. The number of nitrogens with one attached hydrogen (secondary N) is 3. The normalized spacial score (nSPS) is 25.5. The maximum absolute atomic E-state index is 11.6. The largest absolute Gasteiger partial charge is 0.359 e. The summed E-state index contributed by atoms with van der Waals surface area (Å²) in [4.78, 5) is 22.7. The number of hydrogen-bond donors (Lipinski definition) is 3. The molecular weight excluding hydrogens is 194 g/mol. The van der Waals surface area contributed by atoms with Crippen molar-refractivity contribution in [3.8, 4) is 0 Å². The number of rotatable bonds is 2. The quantitative estimate of drug-likeness (QED) is 0.614. The summed E-state index contributed by atoms with van der Waals surface area (Å²) < 4.78 is 0. The summed E-state index contributed by atoms with van der Waals surface area (Å²) in [5, 5.41) is 7.98. The molecule has 0 saturated heterocycles. The third kappa shape index (κ3) is 3.11. The monoisotopic (exact) mass is 213 g/mol. The van der Waals surface area contributed by atoms with E-state index < -0.39 is 0 Å². The van der Waals surface area contributed by atoms with Gasteiger partial charge in [-0.05, 0) is 12.8 Å². The predicted octanol–water partition coefficient (Wildman–Crippen LogP) is 0.220. The van der Waals surface area contributed by atoms with E-state index in [1.54, 1.807) is 14.1 Å². The van der Waals surface area contributed by atoms with Gasteiger partial charge in [0.2, 0.25) is 5.91 Å². The van der Waals surface area contributed by atoms with E-state index in [1.165, 1.54) is 0 Å². The van der Waals surface area contributed by atoms with E-state index in [9.17, 15) is 9.59 Å². The zero-order valence-electron chi connectivity index (χ0n) is 9.30. The van der Waals surface area contributed by atoms with Crippen molar-refractivity contribution in [2.75, 3.05) is 14.1 Å². The maximum Gasteiger partial charge on any atom is 0.314 e. The van der Waals surface area contributed by atoms with Crippen molar-refractivity contribution in [1.82, 2.24) is 16.0 Å². The van der Waals surface area contributed by atoms with E-state index in [2.05, 4.69) is 16.0 Å². The molecule has 1 rings (SSSR count). The predicted molar refractivity (Wildman–Crippen MR) is 57.4 cm³/mol. The molecular formula is C10H19N3O2. The Hall–Kier alpha value is -1.26. The molecule has 0 aromatic rings. The van der Waals surface area contributed by atoms with Gasteiger partial charge in [-0.2, -0.15) is 0 Å². The third-order valence-electron chi connectivity index (χ3n) is 2.89. The zero-order chi connectivity index (χ0) is 11.3. The summed E-state index contributed by atoms with van der Waals surface area (Å²) in [5.41, 5.74) is 0. The van der Waals surface area contributed by atoms with Crippen LogP contribution >= 0.6 is 0 Å². The molecule has 1 fully saturated rings. The van der Waals surface area contributed by atoms with Crippen LogP contribution in [0.2, 0.25) is 0 Å². The van der Waals surface area contributed by atoms with Crippen molar-refractivity contribution in [3.05, 3.63) is 0 Å². The van der Waals surface area contributed by atoms with Gasteiger partial charge in [-0.25, -0.2) is 4.79 Å². The molecule has 0 bridgehead atoms. The van der Waals surface area contributed by atoms with Crippen molar-refractivity contribution in [3.63, 3.8) is 0 Å². The van der Waals surface area contributed by atoms with Gasteiger partial charge in [0.1, 0.15) is 0 Å². The number of carbonyl (C=O) groups excluding carboxylic acids is 2. The molecule has 0 heterocycles. The fourth-order valence-electron chi connectivity index (χ4n) is 2.04. The fourth-order valence-corrected chi connectivity index (χ4v) is 2.04. The van der Waals surface area contributed by atoms with E-state index >= 15 is 0 Å². The lowest BCUT2D eigenvalue weighted by atomic mass is 9.84. The zero-order valence-corrected chi connectivity index (χ0v) is 9.30. The van der Waals surface area contributed by atoms with Crippen LogP contribution in [0.5, 0.6) is 0 Å². The SMILES string of the molecule is CNC(=O)N[C@@H]1CCCC[C@H]1C(=O)NC. The van der Waals surface area contributed by atoms with E-state index in [1.807, 2.05) is 0 Å². The average molecular weight is 213 g/mol. The van der Waals surface area contributed by atoms with Gasteiger partial charge in [-0.15, -0.1) is 0 Å². The van der Waals surface area contributed by atoms with Crippen molar-refractivity contribution < 1.29 is 9.59 Å². The van der Waals surface area contributed by atoms with Gasteiger partial charge in [0.05, 0.1) is 5.92 Å². The standard InChI is InChI=1S/C10H19N3O2/c1-11-9(14)7-5-3-4-6-8(7)13-10(15)12-2/h7-8H,3-6H2,1-2H3,(H,11,14)(H2,12,13,15)/t7-,8-/m1/s1. The summed E-state index contributed by atoms with van der Waals surface area (Å²) in [6, 6.07) is -0.241. The topological polar surface area (TPSA) is 70.2 Å². The molecule has 0 radical (unpaired) electrons. The van der Waals surface area contributed by atoms with E-state index in [0.29, 0.717) is 0 Å². The molecule has 1 aliphatic rings. The van der Waals surface area contributed by atoms with Crippen molar-refractivity contribution >= 4 is 11.9 Å². The summed E-state index contributed by atoms with van der Waals surface area (Å²) in [6.45, 7) is 0. The summed E-state index contributed by atoms with van der Waals surface area (Å²) in [5.74, 6) is -0.0582. The Morgan fingerprint density at radius 3 is 2.33 bits per heavy atom. The second-order valence-electron chi connectivity index (χ2n) is 3.84. The van der Waals surface area contributed by atoms with E-state index in [4.69, 9.17) is 0 Å². The van der Waals surface area contributed by atoms with Crippen LogP contribution in [0.25, 0.3) is 0 Å². The lowest BCUT2D eigenvalue weighted by molar-refractivity contribution is -0.126. The minimum absolute atomic E-state index is 0.0242. The Morgan fingerprint density at radius 2 is 1.73 bits per heavy atom. The Morgan fingerprint density at radius 1 is 1.07 bits per heavy atom. The van der Waals surface area contributed by atoms with Gasteiger partial charge in [0, 0.05) is 20.1 Å². The first-order valence-electron chi connectivity index (χ1n) is 5.39. The maximum atomic E-state index is 11.6. The molecule has 0 aromatic heterocycles. The van der Waals surface area contributed by atoms with Gasteiger partial charge >= 0.3 is 6.03 Å². The van der Waals surface area contributed by atoms with Gasteiger partial charge in [0.25, 0.3) is 0 Å². The Kier molecular flexibility index (Phi) is 4.39. The van der Waals surface area contributed by atoms with Crippen molar-refractivity contribution in [2.24, 2.45) is 5.92 Å². The van der Waals surface area contributed by atoms with Crippen LogP contribution in [0.3, 0.4) is 0 Å². The van der Waals surface area contributed by atoms with Gasteiger partial charge < -0.3 is 16.0 Å². The minimum Gasteiger partial charge on any atom is -0.359 e. The fraction of sp³-hybridized carbons (Fsp3) is 0.800. The molecule has 2 atom stereocenters. The van der Waals surface area contributed by atoms with Crippen LogP contribution in [-0.2, 0) is 4.79 Å². The van der Waals surface area contributed by atoms with E-state index in [-0.39, 0.29) is 23.9 Å². The van der Waals surface area contributed by atoms with Gasteiger partial charge in [-0.3, -0.25) is 4.79 Å². The molecule has 0 aliphatic heterocycles. The highest BCUT2D eigenvalue weighted by Crippen LogP contribution is 2.24. The molecule has 5 heteroatoms. The first-order valence-corrected chi connectivity index (χ1v) is 5.39. The Labute approximate surface area is 90.0 Å².